The Morgan fingerprint density at radius 2 is 2.21 bits per heavy atom. The summed E-state index contributed by atoms with van der Waals surface area (Å²) in [5.41, 5.74) is 0. The van der Waals surface area contributed by atoms with Gasteiger partial charge in [-0.1, -0.05) is 0 Å². The lowest BCUT2D eigenvalue weighted by atomic mass is 10.4. The molecule has 5 heteroatoms. The summed E-state index contributed by atoms with van der Waals surface area (Å²) in [6, 6.07) is 0.753. The molecule has 1 aliphatic carbocycles. The van der Waals surface area contributed by atoms with Gasteiger partial charge in [0.25, 0.3) is 0 Å². The summed E-state index contributed by atoms with van der Waals surface area (Å²) in [5, 5.41) is 11.3. The van der Waals surface area contributed by atoms with Gasteiger partial charge in [0.2, 0.25) is 11.8 Å². The third kappa shape index (κ3) is 2.99. The molecule has 1 fully saturated rings. The van der Waals surface area contributed by atoms with Crippen LogP contribution in [-0.4, -0.2) is 29.0 Å². The fourth-order valence-corrected chi connectivity index (χ4v) is 1.61. The Balaban J connectivity index is 1.71. The van der Waals surface area contributed by atoms with Crippen molar-refractivity contribution >= 4 is 11.8 Å². The van der Waals surface area contributed by atoms with Gasteiger partial charge in [-0.15, -0.1) is 10.2 Å². The summed E-state index contributed by atoms with van der Waals surface area (Å²) >= 11 is 1.69. The van der Waals surface area contributed by atoms with Crippen molar-refractivity contribution in [2.75, 3.05) is 12.8 Å². The highest BCUT2D eigenvalue weighted by Gasteiger charge is 2.20. The van der Waals surface area contributed by atoms with Gasteiger partial charge in [0, 0.05) is 19.0 Å². The molecule has 1 N–H and O–H groups in total. The number of hydrogen-bond donors (Lipinski definition) is 1. The molecule has 14 heavy (non-hydrogen) atoms. The number of nitrogens with zero attached hydrogens (tertiary/aromatic N) is 2. The van der Waals surface area contributed by atoms with E-state index in [0.717, 1.165) is 36.5 Å². The smallest absolute Gasteiger partial charge is 0.226 e. The Morgan fingerprint density at radius 1 is 1.43 bits per heavy atom. The van der Waals surface area contributed by atoms with Crippen molar-refractivity contribution in [3.63, 3.8) is 0 Å². The van der Waals surface area contributed by atoms with Crippen LogP contribution in [-0.2, 0) is 12.2 Å². The van der Waals surface area contributed by atoms with Gasteiger partial charge in [-0.3, -0.25) is 0 Å². The Hall–Kier alpha value is -0.550. The van der Waals surface area contributed by atoms with Gasteiger partial charge in [-0.2, -0.15) is 11.8 Å². The van der Waals surface area contributed by atoms with E-state index in [2.05, 4.69) is 15.5 Å². The first-order valence-corrected chi connectivity index (χ1v) is 6.31. The predicted molar refractivity (Wildman–Crippen MR) is 56.2 cm³/mol. The summed E-state index contributed by atoms with van der Waals surface area (Å²) < 4.78 is 5.44. The van der Waals surface area contributed by atoms with Crippen LogP contribution in [0.1, 0.15) is 24.6 Å². The van der Waals surface area contributed by atoms with Gasteiger partial charge in [0.05, 0.1) is 5.75 Å². The zero-order valence-electron chi connectivity index (χ0n) is 8.32. The van der Waals surface area contributed by atoms with E-state index < -0.39 is 0 Å². The molecule has 0 saturated heterocycles. The van der Waals surface area contributed by atoms with Crippen LogP contribution in [0.4, 0.5) is 0 Å². The van der Waals surface area contributed by atoms with Crippen LogP contribution < -0.4 is 5.32 Å². The fourth-order valence-electron chi connectivity index (χ4n) is 1.24. The van der Waals surface area contributed by atoms with Crippen molar-refractivity contribution in [3.05, 3.63) is 11.8 Å². The second-order valence-electron chi connectivity index (χ2n) is 3.50. The van der Waals surface area contributed by atoms with Gasteiger partial charge in [-0.05, 0) is 19.1 Å². The van der Waals surface area contributed by atoms with Crippen molar-refractivity contribution in [3.8, 4) is 0 Å². The summed E-state index contributed by atoms with van der Waals surface area (Å²) in [4.78, 5) is 0. The van der Waals surface area contributed by atoms with Crippen LogP contribution in [0.5, 0.6) is 0 Å². The minimum Gasteiger partial charge on any atom is -0.424 e. The monoisotopic (exact) mass is 213 g/mol. The van der Waals surface area contributed by atoms with Crippen LogP contribution in [0.25, 0.3) is 0 Å². The van der Waals surface area contributed by atoms with Crippen molar-refractivity contribution in [1.29, 1.82) is 0 Å². The van der Waals surface area contributed by atoms with E-state index in [-0.39, 0.29) is 0 Å². The first-order chi connectivity index (χ1) is 6.88. The molecular formula is C9H15N3OS. The molecule has 0 spiro atoms. The zero-order valence-corrected chi connectivity index (χ0v) is 9.14. The Kier molecular flexibility index (Phi) is 3.42. The highest BCUT2D eigenvalue weighted by molar-refractivity contribution is 7.97. The molecule has 0 aliphatic heterocycles. The Labute approximate surface area is 87.9 Å². The molecule has 0 radical (unpaired) electrons. The first kappa shape index (κ1) is 9.98. The van der Waals surface area contributed by atoms with E-state index in [1.807, 2.05) is 6.26 Å². The summed E-state index contributed by atoms with van der Waals surface area (Å²) in [6.45, 7) is 0.950. The normalized spacial score (nSPS) is 16.1. The quantitative estimate of drug-likeness (QED) is 0.770. The Morgan fingerprint density at radius 3 is 2.93 bits per heavy atom. The molecule has 78 valence electrons. The van der Waals surface area contributed by atoms with E-state index >= 15 is 0 Å². The number of rotatable bonds is 6. The lowest BCUT2D eigenvalue weighted by molar-refractivity contribution is 0.457. The predicted octanol–water partition coefficient (Wildman–Crippen LogP) is 1.23. The molecule has 1 aromatic heterocycles. The van der Waals surface area contributed by atoms with E-state index in [4.69, 9.17) is 4.42 Å². The third-order valence-electron chi connectivity index (χ3n) is 2.13. The molecule has 4 nitrogen and oxygen atoms in total. The average molecular weight is 213 g/mol. The molecular weight excluding hydrogens is 198 g/mol. The van der Waals surface area contributed by atoms with Gasteiger partial charge >= 0.3 is 0 Å². The molecule has 0 bridgehead atoms. The maximum atomic E-state index is 5.44. The van der Waals surface area contributed by atoms with Crippen molar-refractivity contribution in [2.45, 2.75) is 31.1 Å². The van der Waals surface area contributed by atoms with Crippen molar-refractivity contribution in [1.82, 2.24) is 15.5 Å². The van der Waals surface area contributed by atoms with Crippen LogP contribution in [0.2, 0.25) is 0 Å². The molecule has 1 saturated carbocycles. The maximum absolute atomic E-state index is 5.44. The molecule has 0 unspecified atom stereocenters. The molecule has 0 amide bonds. The maximum Gasteiger partial charge on any atom is 0.226 e. The minimum atomic E-state index is 0.735. The van der Waals surface area contributed by atoms with Gasteiger partial charge < -0.3 is 9.73 Å². The molecule has 2 rings (SSSR count). The van der Waals surface area contributed by atoms with E-state index in [0.29, 0.717) is 0 Å². The number of hydrogen-bond acceptors (Lipinski definition) is 5. The Bertz CT molecular complexity index is 285. The summed E-state index contributed by atoms with van der Waals surface area (Å²) in [5.74, 6) is 2.30. The molecule has 1 aliphatic rings. The first-order valence-electron chi connectivity index (χ1n) is 4.92. The lowest BCUT2D eigenvalue weighted by Gasteiger charge is -1.97. The van der Waals surface area contributed by atoms with Crippen LogP contribution in [0, 0.1) is 0 Å². The highest BCUT2D eigenvalue weighted by atomic mass is 32.2. The number of aromatic nitrogens is 2. The largest absolute Gasteiger partial charge is 0.424 e. The van der Waals surface area contributed by atoms with Crippen molar-refractivity contribution < 1.29 is 4.42 Å². The number of nitrogens with one attached hydrogen (secondary N) is 1. The molecule has 1 heterocycles. The van der Waals surface area contributed by atoms with Gasteiger partial charge in [0.1, 0.15) is 0 Å². The minimum absolute atomic E-state index is 0.735. The van der Waals surface area contributed by atoms with E-state index in [1.165, 1.54) is 12.8 Å². The summed E-state index contributed by atoms with van der Waals surface area (Å²) in [7, 11) is 0. The fraction of sp³-hybridized carbons (Fsp3) is 0.778. The topological polar surface area (TPSA) is 51.0 Å². The standard InChI is InChI=1S/C9H15N3OS/c1-14-6-9-12-11-8(13-9)4-5-10-7-2-3-7/h7,10H,2-6H2,1H3. The second-order valence-corrected chi connectivity index (χ2v) is 4.37. The lowest BCUT2D eigenvalue weighted by Crippen LogP contribution is -2.19. The van der Waals surface area contributed by atoms with Crippen LogP contribution in [0.3, 0.4) is 0 Å². The molecule has 0 aromatic carbocycles. The summed E-state index contributed by atoms with van der Waals surface area (Å²) in [6.07, 6.45) is 5.51. The average Bonchev–Trinajstić information content (AvgIpc) is 2.88. The zero-order chi connectivity index (χ0) is 9.80. The van der Waals surface area contributed by atoms with E-state index in [9.17, 15) is 0 Å². The third-order valence-corrected chi connectivity index (χ3v) is 2.66. The number of thioether (sulfide) groups is 1. The molecule has 0 atom stereocenters. The van der Waals surface area contributed by atoms with Crippen LogP contribution >= 0.6 is 11.8 Å². The van der Waals surface area contributed by atoms with Crippen molar-refractivity contribution in [2.24, 2.45) is 0 Å². The SMILES string of the molecule is CSCc1nnc(CCNC2CC2)o1. The second kappa shape index (κ2) is 4.79. The highest BCUT2D eigenvalue weighted by Crippen LogP contribution is 2.18. The van der Waals surface area contributed by atoms with Gasteiger partial charge in [0.15, 0.2) is 0 Å². The van der Waals surface area contributed by atoms with E-state index in [1.54, 1.807) is 11.8 Å². The molecule has 1 aromatic rings. The van der Waals surface area contributed by atoms with Crippen LogP contribution in [0.15, 0.2) is 4.42 Å². The van der Waals surface area contributed by atoms with Gasteiger partial charge in [-0.25, -0.2) is 0 Å².